The molecule has 0 aromatic carbocycles. The summed E-state index contributed by atoms with van der Waals surface area (Å²) in [5.41, 5.74) is 1.81. The van der Waals surface area contributed by atoms with Gasteiger partial charge in [0.15, 0.2) is 0 Å². The molecule has 0 bridgehead atoms. The van der Waals surface area contributed by atoms with Gasteiger partial charge in [0.05, 0.1) is 17.9 Å². The first-order chi connectivity index (χ1) is 7.25. The van der Waals surface area contributed by atoms with Crippen LogP contribution in [-0.2, 0) is 4.79 Å². The van der Waals surface area contributed by atoms with Crippen molar-refractivity contribution in [2.75, 3.05) is 16.9 Å². The molecule has 1 unspecified atom stereocenters. The number of rotatable bonds is 2. The highest BCUT2D eigenvalue weighted by Gasteiger charge is 2.22. The van der Waals surface area contributed by atoms with Gasteiger partial charge in [0.2, 0.25) is 5.91 Å². The number of hydrogen-bond acceptors (Lipinski definition) is 4. The monoisotopic (exact) mass is 223 g/mol. The number of amides is 1. The lowest BCUT2D eigenvalue weighted by molar-refractivity contribution is -0.117. The van der Waals surface area contributed by atoms with Gasteiger partial charge in [0, 0.05) is 17.8 Å². The molecule has 1 aromatic heterocycles. The molecule has 5 heteroatoms. The Hall–Kier alpha value is -1.07. The predicted molar refractivity (Wildman–Crippen MR) is 61.9 cm³/mol. The molecule has 1 atom stereocenters. The molecule has 1 fully saturated rings. The fourth-order valence-electron chi connectivity index (χ4n) is 1.42. The summed E-state index contributed by atoms with van der Waals surface area (Å²) in [4.78, 5) is 15.7. The second-order valence-corrected chi connectivity index (χ2v) is 4.54. The largest absolute Gasteiger partial charge is 0.323 e. The molecule has 2 rings (SSSR count). The highest BCUT2D eigenvalue weighted by atomic mass is 32.2. The van der Waals surface area contributed by atoms with Crippen LogP contribution in [-0.4, -0.2) is 28.6 Å². The summed E-state index contributed by atoms with van der Waals surface area (Å²) in [7, 11) is 0. The Morgan fingerprint density at radius 3 is 3.20 bits per heavy atom. The van der Waals surface area contributed by atoms with Gasteiger partial charge in [0.25, 0.3) is 0 Å². The molecule has 0 spiro atoms. The lowest BCUT2D eigenvalue weighted by Crippen LogP contribution is -2.37. The lowest BCUT2D eigenvalue weighted by Gasteiger charge is -2.10. The number of carbonyl (C=O) groups excluding carboxylic acids is 1. The average Bonchev–Trinajstić information content (AvgIpc) is 2.70. The SMILES string of the molecule is Cc1cncc(NC(=O)C2CSCN2)c1. The van der Waals surface area contributed by atoms with E-state index < -0.39 is 0 Å². The molecule has 1 aliphatic rings. The van der Waals surface area contributed by atoms with Gasteiger partial charge in [-0.3, -0.25) is 15.1 Å². The van der Waals surface area contributed by atoms with E-state index in [4.69, 9.17) is 0 Å². The smallest absolute Gasteiger partial charge is 0.242 e. The number of hydrogen-bond donors (Lipinski definition) is 2. The minimum absolute atomic E-state index is 0.0207. The number of anilines is 1. The first-order valence-corrected chi connectivity index (χ1v) is 5.95. The molecule has 0 radical (unpaired) electrons. The zero-order chi connectivity index (χ0) is 10.7. The van der Waals surface area contributed by atoms with E-state index in [1.807, 2.05) is 13.0 Å². The summed E-state index contributed by atoms with van der Waals surface area (Å²) in [6.45, 7) is 1.95. The van der Waals surface area contributed by atoms with Crippen molar-refractivity contribution in [2.45, 2.75) is 13.0 Å². The van der Waals surface area contributed by atoms with Crippen LogP contribution in [0.4, 0.5) is 5.69 Å². The van der Waals surface area contributed by atoms with Crippen LogP contribution in [0, 0.1) is 6.92 Å². The Labute approximate surface area is 92.9 Å². The van der Waals surface area contributed by atoms with Crippen molar-refractivity contribution < 1.29 is 4.79 Å². The number of nitrogens with one attached hydrogen (secondary N) is 2. The van der Waals surface area contributed by atoms with Crippen molar-refractivity contribution in [2.24, 2.45) is 0 Å². The Bertz CT molecular complexity index is 363. The van der Waals surface area contributed by atoms with E-state index in [9.17, 15) is 4.79 Å². The zero-order valence-electron chi connectivity index (χ0n) is 8.49. The molecular weight excluding hydrogens is 210 g/mol. The third-order valence-electron chi connectivity index (χ3n) is 2.18. The second-order valence-electron chi connectivity index (χ2n) is 3.51. The molecule has 1 aliphatic heterocycles. The summed E-state index contributed by atoms with van der Waals surface area (Å²) in [5.74, 6) is 1.71. The Morgan fingerprint density at radius 2 is 2.53 bits per heavy atom. The maximum atomic E-state index is 11.7. The topological polar surface area (TPSA) is 54.0 Å². The van der Waals surface area contributed by atoms with Gasteiger partial charge < -0.3 is 5.32 Å². The van der Waals surface area contributed by atoms with Crippen LogP contribution in [0.25, 0.3) is 0 Å². The van der Waals surface area contributed by atoms with Gasteiger partial charge in [-0.05, 0) is 18.6 Å². The van der Waals surface area contributed by atoms with E-state index in [0.717, 1.165) is 22.9 Å². The van der Waals surface area contributed by atoms with E-state index in [1.165, 1.54) is 0 Å². The van der Waals surface area contributed by atoms with E-state index in [-0.39, 0.29) is 11.9 Å². The van der Waals surface area contributed by atoms with Crippen LogP contribution in [0.1, 0.15) is 5.56 Å². The summed E-state index contributed by atoms with van der Waals surface area (Å²) in [5, 5.41) is 5.97. The Balaban J connectivity index is 1.99. The van der Waals surface area contributed by atoms with Crippen LogP contribution in [0.2, 0.25) is 0 Å². The molecule has 0 saturated carbocycles. The first-order valence-electron chi connectivity index (χ1n) is 4.79. The number of pyridine rings is 1. The molecule has 2 N–H and O–H groups in total. The average molecular weight is 223 g/mol. The molecule has 1 aromatic rings. The van der Waals surface area contributed by atoms with Crippen LogP contribution >= 0.6 is 11.8 Å². The number of carbonyl (C=O) groups is 1. The van der Waals surface area contributed by atoms with Gasteiger partial charge in [-0.2, -0.15) is 0 Å². The van der Waals surface area contributed by atoms with Gasteiger partial charge in [0.1, 0.15) is 0 Å². The van der Waals surface area contributed by atoms with Crippen molar-refractivity contribution in [1.82, 2.24) is 10.3 Å². The molecule has 2 heterocycles. The normalized spacial score (nSPS) is 20.2. The van der Waals surface area contributed by atoms with E-state index in [2.05, 4.69) is 15.6 Å². The number of nitrogens with zero attached hydrogens (tertiary/aromatic N) is 1. The van der Waals surface area contributed by atoms with Gasteiger partial charge in [-0.25, -0.2) is 0 Å². The van der Waals surface area contributed by atoms with Crippen molar-refractivity contribution in [1.29, 1.82) is 0 Å². The maximum Gasteiger partial charge on any atom is 0.242 e. The fourth-order valence-corrected chi connectivity index (χ4v) is 2.36. The van der Waals surface area contributed by atoms with Crippen LogP contribution in [0.5, 0.6) is 0 Å². The molecule has 1 amide bonds. The summed E-state index contributed by atoms with van der Waals surface area (Å²) >= 11 is 1.74. The van der Waals surface area contributed by atoms with Gasteiger partial charge >= 0.3 is 0 Å². The molecule has 15 heavy (non-hydrogen) atoms. The van der Waals surface area contributed by atoms with Crippen molar-refractivity contribution in [3.05, 3.63) is 24.0 Å². The summed E-state index contributed by atoms with van der Waals surface area (Å²) < 4.78 is 0. The van der Waals surface area contributed by atoms with Crippen LogP contribution in [0.15, 0.2) is 18.5 Å². The summed E-state index contributed by atoms with van der Waals surface area (Å²) in [6, 6.07) is 1.84. The second kappa shape index (κ2) is 4.63. The highest BCUT2D eigenvalue weighted by Crippen LogP contribution is 2.12. The van der Waals surface area contributed by atoms with E-state index >= 15 is 0 Å². The van der Waals surface area contributed by atoms with Crippen LogP contribution in [0.3, 0.4) is 0 Å². The Kier molecular flexibility index (Phi) is 3.23. The van der Waals surface area contributed by atoms with Gasteiger partial charge in [-0.15, -0.1) is 11.8 Å². The quantitative estimate of drug-likeness (QED) is 0.785. The maximum absolute atomic E-state index is 11.7. The predicted octanol–water partition coefficient (Wildman–Crippen LogP) is 0.991. The van der Waals surface area contributed by atoms with Crippen molar-refractivity contribution in [3.63, 3.8) is 0 Å². The molecular formula is C10H13N3OS. The minimum atomic E-state index is -0.0736. The summed E-state index contributed by atoms with van der Waals surface area (Å²) in [6.07, 6.45) is 3.42. The minimum Gasteiger partial charge on any atom is -0.323 e. The number of aromatic nitrogens is 1. The molecule has 4 nitrogen and oxygen atoms in total. The fraction of sp³-hybridized carbons (Fsp3) is 0.400. The molecule has 80 valence electrons. The lowest BCUT2D eigenvalue weighted by atomic mass is 10.2. The van der Waals surface area contributed by atoms with E-state index in [0.29, 0.717) is 0 Å². The molecule has 0 aliphatic carbocycles. The third kappa shape index (κ3) is 2.70. The highest BCUT2D eigenvalue weighted by molar-refractivity contribution is 7.99. The first kappa shape index (κ1) is 10.4. The zero-order valence-corrected chi connectivity index (χ0v) is 9.30. The molecule has 1 saturated heterocycles. The number of thioether (sulfide) groups is 1. The van der Waals surface area contributed by atoms with Crippen molar-refractivity contribution >= 4 is 23.4 Å². The standard InChI is InChI=1S/C10H13N3OS/c1-7-2-8(4-11-3-7)13-10(14)9-5-15-6-12-9/h2-4,9,12H,5-6H2,1H3,(H,13,14). The van der Waals surface area contributed by atoms with Gasteiger partial charge in [-0.1, -0.05) is 0 Å². The Morgan fingerprint density at radius 1 is 1.67 bits per heavy atom. The number of aryl methyl sites for hydroxylation is 1. The third-order valence-corrected chi connectivity index (χ3v) is 3.12. The van der Waals surface area contributed by atoms with E-state index in [1.54, 1.807) is 24.2 Å². The van der Waals surface area contributed by atoms with Crippen LogP contribution < -0.4 is 10.6 Å². The van der Waals surface area contributed by atoms with Crippen molar-refractivity contribution in [3.8, 4) is 0 Å².